The summed E-state index contributed by atoms with van der Waals surface area (Å²) in [6, 6.07) is 17.9. The lowest BCUT2D eigenvalue weighted by molar-refractivity contribution is -0.225. The molecule has 3 unspecified atom stereocenters. The van der Waals surface area contributed by atoms with Gasteiger partial charge in [-0.05, 0) is 57.5 Å². The molecule has 2 spiro atoms. The molecule has 7 atom stereocenters. The van der Waals surface area contributed by atoms with E-state index in [1.54, 1.807) is 7.11 Å². The first-order chi connectivity index (χ1) is 16.2. The van der Waals surface area contributed by atoms with E-state index in [1.807, 2.05) is 70.2 Å². The summed E-state index contributed by atoms with van der Waals surface area (Å²) in [6.07, 6.45) is -0.335. The molecule has 1 N–H and O–H groups in total. The summed E-state index contributed by atoms with van der Waals surface area (Å²) in [5.41, 5.74) is -1.03. The Balaban J connectivity index is 1.43. The van der Waals surface area contributed by atoms with Crippen LogP contribution in [0.25, 0.3) is 0 Å². The van der Waals surface area contributed by atoms with Gasteiger partial charge in [0, 0.05) is 12.1 Å². The number of rotatable bonds is 4. The lowest BCUT2D eigenvalue weighted by Gasteiger charge is -2.47. The number of piperidine rings is 1. The van der Waals surface area contributed by atoms with Gasteiger partial charge in [0.15, 0.2) is 5.79 Å². The molecule has 4 aliphatic rings. The zero-order valence-electron chi connectivity index (χ0n) is 20.3. The average molecular weight is 465 g/mol. The number of aliphatic hydroxyl groups is 1. The maximum absolute atomic E-state index is 12.3. The SMILES string of the molecule is COc1ccc(CN2C3[C@@H]2[C@]2(COC(C)(C)O2)[C@](C)(O)[C@@]32N=C(c3ccccc3)OC2C)cc1. The van der Waals surface area contributed by atoms with Crippen LogP contribution < -0.4 is 4.74 Å². The molecule has 7 heteroatoms. The molecule has 34 heavy (non-hydrogen) atoms. The van der Waals surface area contributed by atoms with E-state index in [2.05, 4.69) is 17.0 Å². The second kappa shape index (κ2) is 7.04. The molecular formula is C27H32N2O5. The number of fused-ring (bicyclic) bond motifs is 3. The van der Waals surface area contributed by atoms with Gasteiger partial charge in [-0.25, -0.2) is 4.99 Å². The third kappa shape index (κ3) is 2.75. The van der Waals surface area contributed by atoms with E-state index in [9.17, 15) is 5.11 Å². The van der Waals surface area contributed by atoms with Crippen molar-refractivity contribution in [1.29, 1.82) is 0 Å². The fraction of sp³-hybridized carbons (Fsp3) is 0.519. The Bertz CT molecular complexity index is 1130. The fourth-order valence-electron chi connectivity index (χ4n) is 6.58. The standard InChI is InChI=1S/C27H32N2O5/c1-17-27(28-23(33-17)19-9-7-6-8-10-19)22-21(26(25(27,4)30)16-32-24(2,3)34-26)29(22)15-18-11-13-20(31-5)14-12-18/h6-14,17,21-22,30H,15-16H2,1-5H3/t17?,21-,22?,25+,26-,27+,29?/m1/s1. The number of benzene rings is 2. The lowest BCUT2D eigenvalue weighted by atomic mass is 9.72. The summed E-state index contributed by atoms with van der Waals surface area (Å²) in [5.74, 6) is 0.608. The third-order valence-electron chi connectivity index (χ3n) is 8.26. The number of methoxy groups -OCH3 is 1. The smallest absolute Gasteiger partial charge is 0.217 e. The zero-order valence-corrected chi connectivity index (χ0v) is 20.3. The molecule has 6 rings (SSSR count). The van der Waals surface area contributed by atoms with Crippen LogP contribution >= 0.6 is 0 Å². The van der Waals surface area contributed by atoms with Crippen LogP contribution in [0.15, 0.2) is 59.6 Å². The van der Waals surface area contributed by atoms with Crippen molar-refractivity contribution in [2.75, 3.05) is 13.7 Å². The van der Waals surface area contributed by atoms with Crippen molar-refractivity contribution >= 4 is 5.90 Å². The summed E-state index contributed by atoms with van der Waals surface area (Å²) >= 11 is 0. The number of hydrogen-bond donors (Lipinski definition) is 1. The van der Waals surface area contributed by atoms with E-state index in [0.717, 1.165) is 16.9 Å². The number of nitrogens with zero attached hydrogens (tertiary/aromatic N) is 2. The Morgan fingerprint density at radius 2 is 1.76 bits per heavy atom. The molecule has 0 amide bonds. The third-order valence-corrected chi connectivity index (χ3v) is 8.26. The number of aliphatic imine (C=N–C) groups is 1. The molecule has 2 saturated heterocycles. The van der Waals surface area contributed by atoms with Crippen molar-refractivity contribution in [3.8, 4) is 5.75 Å². The van der Waals surface area contributed by atoms with E-state index in [-0.39, 0.29) is 18.2 Å². The fourth-order valence-corrected chi connectivity index (χ4v) is 6.58. The summed E-state index contributed by atoms with van der Waals surface area (Å²) in [4.78, 5) is 7.56. The molecule has 2 aromatic rings. The molecule has 3 heterocycles. The minimum absolute atomic E-state index is 0.0432. The molecule has 0 radical (unpaired) electrons. The van der Waals surface area contributed by atoms with Crippen LogP contribution in [-0.2, 0) is 20.8 Å². The molecule has 180 valence electrons. The van der Waals surface area contributed by atoms with Gasteiger partial charge in [-0.2, -0.15) is 0 Å². The Hall–Kier alpha value is -2.45. The molecule has 3 fully saturated rings. The Morgan fingerprint density at radius 1 is 1.06 bits per heavy atom. The summed E-state index contributed by atoms with van der Waals surface area (Å²) in [6.45, 7) is 8.69. The second-order valence-electron chi connectivity index (χ2n) is 10.5. The van der Waals surface area contributed by atoms with E-state index in [0.29, 0.717) is 19.0 Å². The van der Waals surface area contributed by atoms with Crippen LogP contribution in [0.3, 0.4) is 0 Å². The van der Waals surface area contributed by atoms with Crippen LogP contribution in [0, 0.1) is 0 Å². The van der Waals surface area contributed by atoms with Crippen LogP contribution in [-0.4, -0.2) is 70.3 Å². The first kappa shape index (κ1) is 22.0. The average Bonchev–Trinajstić information content (AvgIpc) is 3.18. The normalized spacial score (nSPS) is 41.4. The first-order valence-electron chi connectivity index (χ1n) is 11.9. The maximum atomic E-state index is 12.3. The molecule has 3 aliphatic heterocycles. The van der Waals surface area contributed by atoms with E-state index in [4.69, 9.17) is 23.9 Å². The molecule has 0 bridgehead atoms. The van der Waals surface area contributed by atoms with Crippen LogP contribution in [0.5, 0.6) is 5.75 Å². The largest absolute Gasteiger partial charge is 0.497 e. The number of likely N-dealkylation sites (tertiary alicyclic amines) is 1. The van der Waals surface area contributed by atoms with Crippen molar-refractivity contribution in [3.05, 3.63) is 65.7 Å². The highest BCUT2D eigenvalue weighted by Crippen LogP contribution is 2.67. The van der Waals surface area contributed by atoms with Gasteiger partial charge in [-0.1, -0.05) is 30.3 Å². The van der Waals surface area contributed by atoms with Crippen molar-refractivity contribution in [2.24, 2.45) is 4.99 Å². The van der Waals surface area contributed by atoms with Crippen molar-refractivity contribution < 1.29 is 24.1 Å². The van der Waals surface area contributed by atoms with Crippen LogP contribution in [0.1, 0.15) is 38.8 Å². The molecule has 1 saturated carbocycles. The Kier molecular flexibility index (Phi) is 4.56. The van der Waals surface area contributed by atoms with Crippen molar-refractivity contribution in [2.45, 2.75) is 75.0 Å². The minimum Gasteiger partial charge on any atom is -0.497 e. The quantitative estimate of drug-likeness (QED) is 0.701. The van der Waals surface area contributed by atoms with Gasteiger partial charge in [0.05, 0.1) is 25.8 Å². The lowest BCUT2D eigenvalue weighted by Crippen LogP contribution is -2.69. The van der Waals surface area contributed by atoms with E-state index in [1.165, 1.54) is 0 Å². The zero-order chi connectivity index (χ0) is 23.9. The highest BCUT2D eigenvalue weighted by atomic mass is 16.8. The molecular weight excluding hydrogens is 432 g/mol. The Labute approximate surface area is 200 Å². The van der Waals surface area contributed by atoms with Gasteiger partial charge in [-0.15, -0.1) is 0 Å². The van der Waals surface area contributed by atoms with E-state index < -0.39 is 22.5 Å². The van der Waals surface area contributed by atoms with Gasteiger partial charge in [0.25, 0.3) is 0 Å². The van der Waals surface area contributed by atoms with Crippen LogP contribution in [0.4, 0.5) is 0 Å². The molecule has 7 nitrogen and oxygen atoms in total. The molecule has 0 aromatic heterocycles. The van der Waals surface area contributed by atoms with Crippen molar-refractivity contribution in [3.63, 3.8) is 0 Å². The minimum atomic E-state index is -1.30. The van der Waals surface area contributed by atoms with Crippen molar-refractivity contribution in [1.82, 2.24) is 4.90 Å². The molecule has 2 aromatic carbocycles. The maximum Gasteiger partial charge on any atom is 0.217 e. The van der Waals surface area contributed by atoms with Crippen LogP contribution in [0.2, 0.25) is 0 Å². The monoisotopic (exact) mass is 464 g/mol. The summed E-state index contributed by atoms with van der Waals surface area (Å²) < 4.78 is 24.3. The van der Waals surface area contributed by atoms with E-state index >= 15 is 0 Å². The predicted octanol–water partition coefficient (Wildman–Crippen LogP) is 3.14. The Morgan fingerprint density at radius 3 is 2.38 bits per heavy atom. The van der Waals surface area contributed by atoms with Gasteiger partial charge in [-0.3, -0.25) is 4.90 Å². The van der Waals surface area contributed by atoms with Gasteiger partial charge in [0.2, 0.25) is 5.90 Å². The first-order valence-corrected chi connectivity index (χ1v) is 11.9. The highest BCUT2D eigenvalue weighted by molar-refractivity contribution is 5.96. The van der Waals surface area contributed by atoms with Gasteiger partial charge < -0.3 is 24.1 Å². The second-order valence-corrected chi connectivity index (χ2v) is 10.5. The van der Waals surface area contributed by atoms with Gasteiger partial charge in [0.1, 0.15) is 28.6 Å². The molecule has 1 aliphatic carbocycles. The summed E-state index contributed by atoms with van der Waals surface area (Å²) in [5, 5.41) is 12.3. The van der Waals surface area contributed by atoms with Gasteiger partial charge >= 0.3 is 0 Å². The number of ether oxygens (including phenoxy) is 4. The predicted molar refractivity (Wildman–Crippen MR) is 127 cm³/mol. The highest BCUT2D eigenvalue weighted by Gasteiger charge is 2.89. The summed E-state index contributed by atoms with van der Waals surface area (Å²) in [7, 11) is 1.67. The topological polar surface area (TPSA) is 72.5 Å². The number of hydrogen-bond acceptors (Lipinski definition) is 7.